The fourth-order valence-corrected chi connectivity index (χ4v) is 4.22. The Morgan fingerprint density at radius 2 is 2.00 bits per heavy atom. The Morgan fingerprint density at radius 1 is 1.25 bits per heavy atom. The van der Waals surface area contributed by atoms with Crippen LogP contribution in [0.5, 0.6) is 0 Å². The number of carbonyl (C=O) groups is 1. The highest BCUT2D eigenvalue weighted by Crippen LogP contribution is 2.56. The molecule has 4 nitrogen and oxygen atoms in total. The van der Waals surface area contributed by atoms with Gasteiger partial charge in [-0.05, 0) is 36.5 Å². The molecule has 2 unspecified atom stereocenters. The van der Waals surface area contributed by atoms with Gasteiger partial charge < -0.3 is 9.84 Å². The van der Waals surface area contributed by atoms with Crippen LogP contribution in [0.25, 0.3) is 0 Å². The molecule has 2 bridgehead atoms. The Balaban J connectivity index is 1.69. The van der Waals surface area contributed by atoms with E-state index in [1.54, 1.807) is 0 Å². The molecule has 0 aromatic carbocycles. The summed E-state index contributed by atoms with van der Waals surface area (Å²) in [6, 6.07) is 0. The van der Waals surface area contributed by atoms with E-state index >= 15 is 0 Å². The largest absolute Gasteiger partial charge is 0.507 e. The van der Waals surface area contributed by atoms with Crippen LogP contribution >= 0.6 is 0 Å². The van der Waals surface area contributed by atoms with Gasteiger partial charge in [0.2, 0.25) is 0 Å². The fraction of sp³-hybridized carbons (Fsp3) is 0.917. The van der Waals surface area contributed by atoms with Crippen molar-refractivity contribution in [3.8, 4) is 0 Å². The molecule has 4 aliphatic rings. The predicted octanol–water partition coefficient (Wildman–Crippen LogP) is 2.20. The van der Waals surface area contributed by atoms with Crippen LogP contribution in [-0.4, -0.2) is 24.0 Å². The van der Waals surface area contributed by atoms with Crippen LogP contribution in [0.3, 0.4) is 0 Å². The molecule has 3 saturated carbocycles. The molecule has 4 heteroatoms. The van der Waals surface area contributed by atoms with Gasteiger partial charge in [0.05, 0.1) is 0 Å². The van der Waals surface area contributed by atoms with E-state index in [2.05, 4.69) is 5.32 Å². The molecule has 0 radical (unpaired) electrons. The van der Waals surface area contributed by atoms with E-state index in [0.717, 1.165) is 24.8 Å². The zero-order valence-corrected chi connectivity index (χ0v) is 9.45. The van der Waals surface area contributed by atoms with Crippen LogP contribution in [-0.2, 0) is 4.74 Å². The predicted molar refractivity (Wildman–Crippen MR) is 58.0 cm³/mol. The van der Waals surface area contributed by atoms with E-state index in [1.165, 1.54) is 32.1 Å². The summed E-state index contributed by atoms with van der Waals surface area (Å²) in [6.07, 6.45) is 6.20. The van der Waals surface area contributed by atoms with E-state index in [1.807, 2.05) is 0 Å². The van der Waals surface area contributed by atoms with Crippen molar-refractivity contribution in [3.05, 3.63) is 0 Å². The Hall–Kier alpha value is -0.770. The van der Waals surface area contributed by atoms with Gasteiger partial charge >= 0.3 is 6.16 Å². The van der Waals surface area contributed by atoms with E-state index in [0.29, 0.717) is 5.41 Å². The molecule has 2 N–H and O–H groups in total. The van der Waals surface area contributed by atoms with Gasteiger partial charge in [0.15, 0.2) is 6.23 Å². The summed E-state index contributed by atoms with van der Waals surface area (Å²) in [4.78, 5) is 10.5. The van der Waals surface area contributed by atoms with E-state index < -0.39 is 6.16 Å². The first kappa shape index (κ1) is 10.4. The van der Waals surface area contributed by atoms with Crippen molar-refractivity contribution in [2.75, 3.05) is 6.54 Å². The van der Waals surface area contributed by atoms with E-state index in [4.69, 9.17) is 9.84 Å². The molecule has 1 aliphatic heterocycles. The van der Waals surface area contributed by atoms with Crippen LogP contribution in [0, 0.1) is 17.3 Å². The Morgan fingerprint density at radius 3 is 2.56 bits per heavy atom. The number of fused-ring (bicyclic) bond motifs is 2. The topological polar surface area (TPSA) is 58.6 Å². The first-order chi connectivity index (χ1) is 7.68. The minimum atomic E-state index is -1.16. The van der Waals surface area contributed by atoms with Crippen molar-refractivity contribution in [3.63, 3.8) is 0 Å². The second kappa shape index (κ2) is 3.62. The monoisotopic (exact) mass is 225 g/mol. The molecule has 16 heavy (non-hydrogen) atoms. The van der Waals surface area contributed by atoms with Crippen molar-refractivity contribution < 1.29 is 14.6 Å². The zero-order valence-electron chi connectivity index (χ0n) is 9.45. The summed E-state index contributed by atoms with van der Waals surface area (Å²) >= 11 is 0. The Kier molecular flexibility index (Phi) is 2.35. The molecule has 2 atom stereocenters. The third kappa shape index (κ3) is 1.59. The van der Waals surface area contributed by atoms with Gasteiger partial charge in [0.25, 0.3) is 0 Å². The van der Waals surface area contributed by atoms with Gasteiger partial charge in [-0.3, -0.25) is 5.32 Å². The summed E-state index contributed by atoms with van der Waals surface area (Å²) in [7, 11) is 0. The molecule has 3 aliphatic carbocycles. The quantitative estimate of drug-likeness (QED) is 0.672. The molecule has 1 saturated heterocycles. The minimum absolute atomic E-state index is 0.267. The first-order valence-corrected chi connectivity index (χ1v) is 6.31. The van der Waals surface area contributed by atoms with Crippen molar-refractivity contribution in [1.29, 1.82) is 0 Å². The fourth-order valence-electron chi connectivity index (χ4n) is 4.22. The number of hydrogen-bond acceptors (Lipinski definition) is 3. The molecule has 1 spiro atoms. The lowest BCUT2D eigenvalue weighted by Crippen LogP contribution is -2.43. The molecular formula is C12H19NO3. The highest BCUT2D eigenvalue weighted by Gasteiger charge is 2.51. The number of rotatable bonds is 1. The lowest BCUT2D eigenvalue weighted by Gasteiger charge is -2.49. The average Bonchev–Trinajstić information content (AvgIpc) is 2.62. The normalized spacial score (nSPS) is 46.1. The molecule has 4 rings (SSSR count). The standard InChI is InChI=1S/C12H19NO3/c14-11(15)16-10-6-12(7-13-10)5-8-1-3-9(12)4-2-8/h8-10,13H,1-7H2,(H,14,15). The number of nitrogens with one attached hydrogen (secondary N) is 1. The maximum absolute atomic E-state index is 10.5. The average molecular weight is 225 g/mol. The number of carboxylic acid groups (broad SMARTS) is 1. The van der Waals surface area contributed by atoms with Crippen LogP contribution in [0.4, 0.5) is 4.79 Å². The number of ether oxygens (including phenoxy) is 1. The second-order valence-corrected chi connectivity index (χ2v) is 5.74. The van der Waals surface area contributed by atoms with Crippen LogP contribution in [0.15, 0.2) is 0 Å². The smallest absolute Gasteiger partial charge is 0.450 e. The Bertz CT molecular complexity index is 299. The zero-order chi connectivity index (χ0) is 11.2. The molecule has 0 amide bonds. The van der Waals surface area contributed by atoms with Gasteiger partial charge in [-0.25, -0.2) is 4.79 Å². The number of hydrogen-bond donors (Lipinski definition) is 2. The molecule has 90 valence electrons. The third-order valence-corrected chi connectivity index (χ3v) is 4.92. The molecule has 4 fully saturated rings. The lowest BCUT2D eigenvalue weighted by atomic mass is 9.55. The highest BCUT2D eigenvalue weighted by molar-refractivity contribution is 5.57. The van der Waals surface area contributed by atoms with Crippen molar-refractivity contribution >= 4 is 6.16 Å². The summed E-state index contributed by atoms with van der Waals surface area (Å²) in [5.41, 5.74) is 0.348. The highest BCUT2D eigenvalue weighted by atomic mass is 16.7. The summed E-state index contributed by atoms with van der Waals surface area (Å²) in [6.45, 7) is 0.951. The third-order valence-electron chi connectivity index (χ3n) is 4.92. The van der Waals surface area contributed by atoms with Crippen molar-refractivity contribution in [1.82, 2.24) is 5.32 Å². The van der Waals surface area contributed by atoms with Gasteiger partial charge in [0, 0.05) is 13.0 Å². The first-order valence-electron chi connectivity index (χ1n) is 6.31. The van der Waals surface area contributed by atoms with E-state index in [-0.39, 0.29) is 6.23 Å². The SMILES string of the molecule is O=C(O)OC1CC2(CN1)CC1CCC2CC1. The summed E-state index contributed by atoms with van der Waals surface area (Å²) in [5.74, 6) is 1.68. The molecular weight excluding hydrogens is 206 g/mol. The maximum atomic E-state index is 10.5. The van der Waals surface area contributed by atoms with E-state index in [9.17, 15) is 4.79 Å². The second-order valence-electron chi connectivity index (χ2n) is 5.74. The van der Waals surface area contributed by atoms with Gasteiger partial charge in [-0.15, -0.1) is 0 Å². The lowest BCUT2D eigenvalue weighted by molar-refractivity contribution is -0.00451. The summed E-state index contributed by atoms with van der Waals surface area (Å²) in [5, 5.41) is 11.9. The summed E-state index contributed by atoms with van der Waals surface area (Å²) < 4.78 is 4.85. The van der Waals surface area contributed by atoms with Gasteiger partial charge in [-0.2, -0.15) is 0 Å². The van der Waals surface area contributed by atoms with Crippen LogP contribution in [0.2, 0.25) is 0 Å². The van der Waals surface area contributed by atoms with Crippen molar-refractivity contribution in [2.24, 2.45) is 17.3 Å². The van der Waals surface area contributed by atoms with Gasteiger partial charge in [0.1, 0.15) is 0 Å². The molecule has 1 heterocycles. The minimum Gasteiger partial charge on any atom is -0.450 e. The van der Waals surface area contributed by atoms with Crippen LogP contribution in [0.1, 0.15) is 38.5 Å². The molecule has 0 aromatic heterocycles. The molecule has 0 aromatic rings. The van der Waals surface area contributed by atoms with Crippen LogP contribution < -0.4 is 5.32 Å². The van der Waals surface area contributed by atoms with Gasteiger partial charge in [-0.1, -0.05) is 12.8 Å². The Labute approximate surface area is 95.4 Å². The maximum Gasteiger partial charge on any atom is 0.507 e. The van der Waals surface area contributed by atoms with Crippen molar-refractivity contribution in [2.45, 2.75) is 44.8 Å².